The molecule has 8 heteroatoms. The van der Waals surface area contributed by atoms with E-state index in [2.05, 4.69) is 10.3 Å². The fraction of sp³-hybridized carbons (Fsp3) is 0.172. The predicted octanol–water partition coefficient (Wildman–Crippen LogP) is 4.88. The first kappa shape index (κ1) is 24.5. The van der Waals surface area contributed by atoms with E-state index in [0.717, 1.165) is 28.7 Å². The van der Waals surface area contributed by atoms with Gasteiger partial charge in [0.2, 0.25) is 0 Å². The highest BCUT2D eigenvalue weighted by Gasteiger charge is 2.37. The van der Waals surface area contributed by atoms with Gasteiger partial charge in [0.1, 0.15) is 5.75 Å². The summed E-state index contributed by atoms with van der Waals surface area (Å²) in [5, 5.41) is 2.87. The molecule has 0 aliphatic carbocycles. The molecule has 1 amide bonds. The summed E-state index contributed by atoms with van der Waals surface area (Å²) in [7, 11) is -3.91. The summed E-state index contributed by atoms with van der Waals surface area (Å²) in [5.74, 6) is -0.0717. The van der Waals surface area contributed by atoms with E-state index in [1.54, 1.807) is 48.8 Å². The predicted molar refractivity (Wildman–Crippen MR) is 143 cm³/mol. The van der Waals surface area contributed by atoms with Crippen LogP contribution in [0.25, 0.3) is 0 Å². The molecule has 1 atom stereocenters. The Morgan fingerprint density at radius 3 is 2.27 bits per heavy atom. The molecular formula is C29H27N3O4S. The number of amides is 1. The van der Waals surface area contributed by atoms with Crippen molar-refractivity contribution in [1.29, 1.82) is 0 Å². The first-order chi connectivity index (χ1) is 17.8. The minimum absolute atomic E-state index is 0.140. The van der Waals surface area contributed by atoms with Crippen LogP contribution in [0.5, 0.6) is 5.75 Å². The Kier molecular flexibility index (Phi) is 6.67. The van der Waals surface area contributed by atoms with Crippen LogP contribution in [-0.4, -0.2) is 32.0 Å². The summed E-state index contributed by atoms with van der Waals surface area (Å²) in [4.78, 5) is 17.4. The van der Waals surface area contributed by atoms with Gasteiger partial charge in [-0.3, -0.25) is 14.1 Å². The molecule has 0 radical (unpaired) electrons. The van der Waals surface area contributed by atoms with Gasteiger partial charge in [0.05, 0.1) is 17.1 Å². The zero-order valence-electron chi connectivity index (χ0n) is 20.6. The Morgan fingerprint density at radius 1 is 0.919 bits per heavy atom. The fourth-order valence-electron chi connectivity index (χ4n) is 4.23. The van der Waals surface area contributed by atoms with Gasteiger partial charge in [-0.15, -0.1) is 0 Å². The summed E-state index contributed by atoms with van der Waals surface area (Å²) in [6, 6.07) is 23.5. The molecule has 2 heterocycles. The average Bonchev–Trinajstić information content (AvgIpc) is 2.90. The second kappa shape index (κ2) is 10.1. The third-order valence-corrected chi connectivity index (χ3v) is 8.06. The van der Waals surface area contributed by atoms with Crippen LogP contribution in [0, 0.1) is 13.8 Å². The number of hydrogen-bond donors (Lipinski definition) is 1. The Hall–Kier alpha value is -4.17. The minimum atomic E-state index is -3.91. The molecule has 1 N–H and O–H groups in total. The lowest BCUT2D eigenvalue weighted by molar-refractivity contribution is -0.122. The van der Waals surface area contributed by atoms with Gasteiger partial charge in [0, 0.05) is 18.1 Å². The number of nitrogens with one attached hydrogen (secondary N) is 1. The van der Waals surface area contributed by atoms with Crippen LogP contribution in [0.15, 0.2) is 96.2 Å². The SMILES string of the molecule is Cc1ccc(S(=O)(=O)N2C[C@@H](C(=O)Nc3ccc(Cc4ccncc4)cc3)Oc3ccc(C)cc32)cc1. The molecule has 4 aromatic rings. The second-order valence-corrected chi connectivity index (χ2v) is 11.0. The van der Waals surface area contributed by atoms with Crippen molar-refractivity contribution < 1.29 is 17.9 Å². The molecule has 0 saturated heterocycles. The topological polar surface area (TPSA) is 88.6 Å². The average molecular weight is 514 g/mol. The van der Waals surface area contributed by atoms with Crippen LogP contribution in [0.3, 0.4) is 0 Å². The number of aromatic nitrogens is 1. The zero-order valence-corrected chi connectivity index (χ0v) is 21.4. The first-order valence-corrected chi connectivity index (χ1v) is 13.4. The van der Waals surface area contributed by atoms with Crippen LogP contribution in [0.1, 0.15) is 22.3 Å². The number of benzene rings is 3. The molecule has 1 aliphatic heterocycles. The first-order valence-electron chi connectivity index (χ1n) is 11.9. The maximum Gasteiger partial charge on any atom is 0.267 e. The maximum atomic E-state index is 13.6. The van der Waals surface area contributed by atoms with Crippen LogP contribution in [0.2, 0.25) is 0 Å². The number of anilines is 2. The van der Waals surface area contributed by atoms with Crippen molar-refractivity contribution in [2.24, 2.45) is 0 Å². The van der Waals surface area contributed by atoms with Gasteiger partial charge < -0.3 is 10.1 Å². The van der Waals surface area contributed by atoms with Gasteiger partial charge in [0.15, 0.2) is 6.10 Å². The Morgan fingerprint density at radius 2 is 1.57 bits per heavy atom. The number of pyridine rings is 1. The molecule has 7 nitrogen and oxygen atoms in total. The minimum Gasteiger partial charge on any atom is -0.476 e. The molecule has 3 aromatic carbocycles. The highest BCUT2D eigenvalue weighted by atomic mass is 32.2. The summed E-state index contributed by atoms with van der Waals surface area (Å²) in [6.45, 7) is 3.64. The van der Waals surface area contributed by atoms with Gasteiger partial charge in [0.25, 0.3) is 15.9 Å². The van der Waals surface area contributed by atoms with E-state index in [9.17, 15) is 13.2 Å². The molecule has 37 heavy (non-hydrogen) atoms. The van der Waals surface area contributed by atoms with Crippen molar-refractivity contribution in [2.45, 2.75) is 31.3 Å². The van der Waals surface area contributed by atoms with E-state index in [1.165, 1.54) is 4.31 Å². The van der Waals surface area contributed by atoms with Crippen LogP contribution < -0.4 is 14.4 Å². The standard InChI is InChI=1S/C29H27N3O4S/c1-20-3-10-25(11-4-20)37(34,35)32-19-28(36-27-12-5-21(2)17-26(27)32)29(33)31-24-8-6-22(7-9-24)18-23-13-15-30-16-14-23/h3-17,28H,18-19H2,1-2H3,(H,31,33)/t28-/m0/s1. The van der Waals surface area contributed by atoms with Crippen LogP contribution in [0.4, 0.5) is 11.4 Å². The van der Waals surface area contributed by atoms with E-state index >= 15 is 0 Å². The lowest BCUT2D eigenvalue weighted by atomic mass is 10.1. The van der Waals surface area contributed by atoms with E-state index < -0.39 is 22.0 Å². The van der Waals surface area contributed by atoms with E-state index in [1.807, 2.05) is 56.3 Å². The van der Waals surface area contributed by atoms with Crippen LogP contribution in [-0.2, 0) is 21.2 Å². The molecule has 188 valence electrons. The molecule has 5 rings (SSSR count). The number of fused-ring (bicyclic) bond motifs is 1. The number of nitrogens with zero attached hydrogens (tertiary/aromatic N) is 2. The molecule has 0 spiro atoms. The highest BCUT2D eigenvalue weighted by Crippen LogP contribution is 2.38. The molecule has 0 bridgehead atoms. The highest BCUT2D eigenvalue weighted by molar-refractivity contribution is 7.92. The van der Waals surface area contributed by atoms with Crippen molar-refractivity contribution in [3.05, 3.63) is 114 Å². The van der Waals surface area contributed by atoms with Crippen molar-refractivity contribution in [2.75, 3.05) is 16.2 Å². The number of aryl methyl sites for hydroxylation is 2. The van der Waals surface area contributed by atoms with E-state index in [4.69, 9.17) is 4.74 Å². The molecular weight excluding hydrogens is 486 g/mol. The summed E-state index contributed by atoms with van der Waals surface area (Å²) >= 11 is 0. The number of sulfonamides is 1. The van der Waals surface area contributed by atoms with Gasteiger partial charge in [-0.1, -0.05) is 35.9 Å². The van der Waals surface area contributed by atoms with Gasteiger partial charge in [-0.25, -0.2) is 8.42 Å². The monoisotopic (exact) mass is 513 g/mol. The normalized spacial score (nSPS) is 15.0. The summed E-state index contributed by atoms with van der Waals surface area (Å²) < 4.78 is 34.5. The Balaban J connectivity index is 1.36. The van der Waals surface area contributed by atoms with Crippen molar-refractivity contribution >= 4 is 27.3 Å². The Labute approximate surface area is 216 Å². The summed E-state index contributed by atoms with van der Waals surface area (Å²) in [5.41, 5.74) is 5.12. The van der Waals surface area contributed by atoms with E-state index in [0.29, 0.717) is 17.1 Å². The third kappa shape index (κ3) is 5.34. The molecule has 1 aliphatic rings. The lowest BCUT2D eigenvalue weighted by Crippen LogP contribution is -2.48. The number of hydrogen-bond acceptors (Lipinski definition) is 5. The van der Waals surface area contributed by atoms with Gasteiger partial charge in [-0.05, 0) is 85.5 Å². The maximum absolute atomic E-state index is 13.6. The fourth-order valence-corrected chi connectivity index (χ4v) is 5.70. The lowest BCUT2D eigenvalue weighted by Gasteiger charge is -2.35. The molecule has 0 unspecified atom stereocenters. The largest absolute Gasteiger partial charge is 0.476 e. The summed E-state index contributed by atoms with van der Waals surface area (Å²) in [6.07, 6.45) is 3.25. The number of carbonyl (C=O) groups excluding carboxylic acids is 1. The second-order valence-electron chi connectivity index (χ2n) is 9.15. The van der Waals surface area contributed by atoms with Gasteiger partial charge in [-0.2, -0.15) is 0 Å². The van der Waals surface area contributed by atoms with Crippen molar-refractivity contribution in [3.8, 4) is 5.75 Å². The molecule has 1 aromatic heterocycles. The van der Waals surface area contributed by atoms with Gasteiger partial charge >= 0.3 is 0 Å². The van der Waals surface area contributed by atoms with Crippen molar-refractivity contribution in [3.63, 3.8) is 0 Å². The van der Waals surface area contributed by atoms with Crippen LogP contribution >= 0.6 is 0 Å². The quantitative estimate of drug-likeness (QED) is 0.397. The third-order valence-electron chi connectivity index (χ3n) is 6.26. The number of ether oxygens (including phenoxy) is 1. The van der Waals surface area contributed by atoms with Crippen molar-refractivity contribution in [1.82, 2.24) is 4.98 Å². The Bertz CT molecular complexity index is 1520. The molecule has 0 fully saturated rings. The molecule has 0 saturated carbocycles. The zero-order chi connectivity index (χ0) is 26.0. The number of rotatable bonds is 6. The van der Waals surface area contributed by atoms with E-state index in [-0.39, 0.29) is 11.4 Å². The smallest absolute Gasteiger partial charge is 0.267 e. The number of carbonyl (C=O) groups is 1.